The molecule has 1 aromatic rings. The third-order valence-electron chi connectivity index (χ3n) is 3.64. The molecule has 0 bridgehead atoms. The number of carbonyl (C=O) groups is 1. The van der Waals surface area contributed by atoms with Gasteiger partial charge in [0.05, 0.1) is 12.4 Å². The maximum absolute atomic E-state index is 11.8. The van der Waals surface area contributed by atoms with Gasteiger partial charge in [-0.3, -0.25) is 4.79 Å². The fraction of sp³-hybridized carbons (Fsp3) is 0.571. The summed E-state index contributed by atoms with van der Waals surface area (Å²) in [4.78, 5) is 15.4. The highest BCUT2D eigenvalue weighted by molar-refractivity contribution is 5.85. The zero-order chi connectivity index (χ0) is 14.7. The highest BCUT2D eigenvalue weighted by atomic mass is 16.2. The lowest BCUT2D eigenvalue weighted by Crippen LogP contribution is -2.28. The molecule has 20 heavy (non-hydrogen) atoms. The van der Waals surface area contributed by atoms with Gasteiger partial charge in [0.2, 0.25) is 5.91 Å². The molecule has 0 N–H and O–H groups in total. The Balaban J connectivity index is 2.43. The first-order valence-electron chi connectivity index (χ1n) is 6.97. The molecule has 1 fully saturated rings. The van der Waals surface area contributed by atoms with Crippen molar-refractivity contribution in [3.63, 3.8) is 0 Å². The number of hydrogen-bond donors (Lipinski definition) is 0. The summed E-state index contributed by atoms with van der Waals surface area (Å²) in [6.45, 7) is 7.36. The number of nitrogens with zero attached hydrogens (tertiary/aromatic N) is 5. The molecule has 1 aromatic heterocycles. The molecule has 1 aliphatic rings. The summed E-state index contributed by atoms with van der Waals surface area (Å²) in [6.07, 6.45) is 1.50. The van der Waals surface area contributed by atoms with Crippen molar-refractivity contribution in [3.05, 3.63) is 16.8 Å². The predicted octanol–water partition coefficient (Wildman–Crippen LogP) is 1.10. The summed E-state index contributed by atoms with van der Waals surface area (Å²) in [6, 6.07) is 2.24. The van der Waals surface area contributed by atoms with Crippen LogP contribution in [0.1, 0.15) is 37.6 Å². The van der Waals surface area contributed by atoms with E-state index in [2.05, 4.69) is 16.3 Å². The van der Waals surface area contributed by atoms with Crippen molar-refractivity contribution in [1.82, 2.24) is 15.1 Å². The maximum atomic E-state index is 11.8. The first kappa shape index (κ1) is 14.3. The number of likely N-dealkylation sites (N-methyl/N-ethyl adjacent to an activating group) is 1. The van der Waals surface area contributed by atoms with Crippen molar-refractivity contribution in [2.45, 2.75) is 33.6 Å². The minimum atomic E-state index is 0.0656. The molecule has 0 unspecified atom stereocenters. The zero-order valence-corrected chi connectivity index (χ0v) is 12.2. The van der Waals surface area contributed by atoms with Gasteiger partial charge in [-0.05, 0) is 25.3 Å². The summed E-state index contributed by atoms with van der Waals surface area (Å²) in [5.74, 6) is 0.599. The van der Waals surface area contributed by atoms with Crippen LogP contribution in [0.5, 0.6) is 0 Å². The summed E-state index contributed by atoms with van der Waals surface area (Å²) in [5, 5.41) is 17.9. The second-order valence-electron chi connectivity index (χ2n) is 4.73. The average molecular weight is 273 g/mol. The Morgan fingerprint density at radius 1 is 1.25 bits per heavy atom. The monoisotopic (exact) mass is 273 g/mol. The Hall–Kier alpha value is -2.16. The quantitative estimate of drug-likeness (QED) is 0.821. The van der Waals surface area contributed by atoms with Gasteiger partial charge in [0, 0.05) is 6.54 Å². The summed E-state index contributed by atoms with van der Waals surface area (Å²) in [7, 11) is 0. The van der Waals surface area contributed by atoms with E-state index >= 15 is 0 Å². The molecule has 1 aliphatic heterocycles. The third kappa shape index (κ3) is 2.31. The molecule has 0 saturated carbocycles. The van der Waals surface area contributed by atoms with Gasteiger partial charge in [-0.25, -0.2) is 0 Å². The highest BCUT2D eigenvalue weighted by Gasteiger charge is 2.30. The fourth-order valence-electron chi connectivity index (χ4n) is 2.52. The Morgan fingerprint density at radius 2 is 2.00 bits per heavy atom. The topological polar surface area (TPSA) is 73.1 Å². The molecule has 0 spiro atoms. The number of aryl methyl sites for hydroxylation is 1. The molecule has 0 aliphatic carbocycles. The molecule has 6 nitrogen and oxygen atoms in total. The van der Waals surface area contributed by atoms with Crippen molar-refractivity contribution in [1.29, 1.82) is 5.26 Å². The van der Waals surface area contributed by atoms with E-state index in [4.69, 9.17) is 0 Å². The predicted molar refractivity (Wildman–Crippen MR) is 75.1 cm³/mol. The second-order valence-corrected chi connectivity index (χ2v) is 4.73. The van der Waals surface area contributed by atoms with Gasteiger partial charge in [-0.15, -0.1) is 5.10 Å². The standard InChI is InChI=1S/C14H19N5O/c1-4-10-11(7-15)14(17-16-12(10)5-2)19-8-13(20)18(6-3)9-19/h4-6,8-9H2,1-3H3. The first-order chi connectivity index (χ1) is 9.65. The fourth-order valence-corrected chi connectivity index (χ4v) is 2.52. The van der Waals surface area contributed by atoms with E-state index in [9.17, 15) is 10.1 Å². The van der Waals surface area contributed by atoms with Gasteiger partial charge in [0.25, 0.3) is 0 Å². The van der Waals surface area contributed by atoms with Gasteiger partial charge in [-0.1, -0.05) is 13.8 Å². The van der Waals surface area contributed by atoms with Gasteiger partial charge in [0.1, 0.15) is 18.2 Å². The van der Waals surface area contributed by atoms with E-state index in [1.165, 1.54) is 0 Å². The summed E-state index contributed by atoms with van der Waals surface area (Å²) in [5.41, 5.74) is 2.37. The van der Waals surface area contributed by atoms with Crippen LogP contribution in [-0.4, -0.2) is 40.8 Å². The Bertz CT molecular complexity index is 563. The molecule has 1 saturated heterocycles. The van der Waals surface area contributed by atoms with E-state index in [-0.39, 0.29) is 12.5 Å². The lowest BCUT2D eigenvalue weighted by atomic mass is 10.0. The minimum Gasteiger partial charge on any atom is -0.327 e. The first-order valence-corrected chi connectivity index (χ1v) is 6.97. The van der Waals surface area contributed by atoms with E-state index in [1.807, 2.05) is 25.7 Å². The van der Waals surface area contributed by atoms with Crippen LogP contribution in [0.2, 0.25) is 0 Å². The molecule has 2 heterocycles. The van der Waals surface area contributed by atoms with Crippen LogP contribution in [0.15, 0.2) is 0 Å². The van der Waals surface area contributed by atoms with E-state index in [0.29, 0.717) is 24.6 Å². The molecule has 0 radical (unpaired) electrons. The van der Waals surface area contributed by atoms with Crippen LogP contribution in [0, 0.1) is 11.3 Å². The van der Waals surface area contributed by atoms with Crippen LogP contribution in [0.25, 0.3) is 0 Å². The van der Waals surface area contributed by atoms with Gasteiger partial charge >= 0.3 is 0 Å². The third-order valence-corrected chi connectivity index (χ3v) is 3.64. The molecule has 0 atom stereocenters. The normalized spacial score (nSPS) is 14.8. The van der Waals surface area contributed by atoms with E-state index in [1.54, 1.807) is 4.90 Å². The molecule has 2 rings (SSSR count). The number of carbonyl (C=O) groups excluding carboxylic acids is 1. The molecule has 106 valence electrons. The lowest BCUT2D eigenvalue weighted by Gasteiger charge is -2.19. The minimum absolute atomic E-state index is 0.0656. The summed E-state index contributed by atoms with van der Waals surface area (Å²) >= 11 is 0. The highest BCUT2D eigenvalue weighted by Crippen LogP contribution is 2.25. The number of hydrogen-bond acceptors (Lipinski definition) is 5. The van der Waals surface area contributed by atoms with Crippen LogP contribution in [0.3, 0.4) is 0 Å². The zero-order valence-electron chi connectivity index (χ0n) is 12.2. The van der Waals surface area contributed by atoms with Gasteiger partial charge in [-0.2, -0.15) is 10.4 Å². The SMILES string of the molecule is CCc1nnc(N2CC(=O)N(CC)C2)c(C#N)c1CC. The summed E-state index contributed by atoms with van der Waals surface area (Å²) < 4.78 is 0. The largest absolute Gasteiger partial charge is 0.327 e. The molecular formula is C14H19N5O. The number of amides is 1. The Kier molecular flexibility index (Phi) is 4.18. The molecular weight excluding hydrogens is 254 g/mol. The second kappa shape index (κ2) is 5.87. The Morgan fingerprint density at radius 3 is 2.50 bits per heavy atom. The number of rotatable bonds is 4. The van der Waals surface area contributed by atoms with Crippen LogP contribution >= 0.6 is 0 Å². The van der Waals surface area contributed by atoms with Gasteiger partial charge in [0.15, 0.2) is 5.82 Å². The van der Waals surface area contributed by atoms with Crippen molar-refractivity contribution in [3.8, 4) is 6.07 Å². The number of nitriles is 1. The molecule has 1 amide bonds. The van der Waals surface area contributed by atoms with Crippen LogP contribution in [0.4, 0.5) is 5.82 Å². The Labute approximate surface area is 119 Å². The smallest absolute Gasteiger partial charge is 0.243 e. The van der Waals surface area contributed by atoms with Crippen molar-refractivity contribution >= 4 is 11.7 Å². The molecule has 6 heteroatoms. The lowest BCUT2D eigenvalue weighted by molar-refractivity contribution is -0.126. The van der Waals surface area contributed by atoms with Crippen molar-refractivity contribution < 1.29 is 4.79 Å². The van der Waals surface area contributed by atoms with Crippen LogP contribution < -0.4 is 4.90 Å². The van der Waals surface area contributed by atoms with Gasteiger partial charge < -0.3 is 9.80 Å². The van der Waals surface area contributed by atoms with Crippen molar-refractivity contribution in [2.75, 3.05) is 24.7 Å². The molecule has 0 aromatic carbocycles. The van der Waals surface area contributed by atoms with E-state index < -0.39 is 0 Å². The van der Waals surface area contributed by atoms with Crippen LogP contribution in [-0.2, 0) is 17.6 Å². The average Bonchev–Trinajstić information content (AvgIpc) is 2.86. The number of aromatic nitrogens is 2. The van der Waals surface area contributed by atoms with Crippen molar-refractivity contribution in [2.24, 2.45) is 0 Å². The van der Waals surface area contributed by atoms with E-state index in [0.717, 1.165) is 24.1 Å². The number of anilines is 1. The maximum Gasteiger partial charge on any atom is 0.243 e.